The van der Waals surface area contributed by atoms with Crippen LogP contribution in [-0.2, 0) is 11.0 Å². The molecule has 0 aromatic carbocycles. The van der Waals surface area contributed by atoms with Crippen molar-refractivity contribution in [1.29, 1.82) is 0 Å². The Morgan fingerprint density at radius 1 is 1.29 bits per heavy atom. The van der Waals surface area contributed by atoms with Crippen LogP contribution in [0.15, 0.2) is 12.1 Å². The Morgan fingerprint density at radius 2 is 1.86 bits per heavy atom. The SMILES string of the molecule is CC(C)N(CC(N)=O)c1nc(C(F)(F)F)ccc1C(N)=O. The number of aromatic nitrogens is 1. The number of hydrogen-bond acceptors (Lipinski definition) is 4. The number of halogens is 3. The van der Waals surface area contributed by atoms with Gasteiger partial charge in [0.15, 0.2) is 0 Å². The summed E-state index contributed by atoms with van der Waals surface area (Å²) in [7, 11) is 0. The van der Waals surface area contributed by atoms with E-state index in [2.05, 4.69) is 4.98 Å². The Balaban J connectivity index is 3.46. The molecule has 0 saturated heterocycles. The van der Waals surface area contributed by atoms with Crippen LogP contribution in [0.4, 0.5) is 19.0 Å². The average molecular weight is 304 g/mol. The van der Waals surface area contributed by atoms with Crippen molar-refractivity contribution in [3.05, 3.63) is 23.4 Å². The fourth-order valence-corrected chi connectivity index (χ4v) is 1.69. The topological polar surface area (TPSA) is 102 Å². The van der Waals surface area contributed by atoms with Gasteiger partial charge in [0.25, 0.3) is 5.91 Å². The number of alkyl halides is 3. The number of nitrogens with zero attached hydrogens (tertiary/aromatic N) is 2. The molecular formula is C12H15F3N4O2. The van der Waals surface area contributed by atoms with Gasteiger partial charge in [-0.15, -0.1) is 0 Å². The molecule has 0 radical (unpaired) electrons. The Kier molecular flexibility index (Phi) is 4.77. The first-order chi connectivity index (χ1) is 9.54. The lowest BCUT2D eigenvalue weighted by molar-refractivity contribution is -0.141. The first-order valence-electron chi connectivity index (χ1n) is 5.97. The van der Waals surface area contributed by atoms with E-state index in [1.54, 1.807) is 13.8 Å². The Hall–Kier alpha value is -2.32. The summed E-state index contributed by atoms with van der Waals surface area (Å²) in [4.78, 5) is 27.0. The molecule has 0 aliphatic carbocycles. The van der Waals surface area contributed by atoms with Crippen LogP contribution >= 0.6 is 0 Å². The molecule has 0 spiro atoms. The zero-order chi connectivity index (χ0) is 16.4. The summed E-state index contributed by atoms with van der Waals surface area (Å²) in [6, 6.07) is 1.18. The molecule has 4 N–H and O–H groups in total. The number of nitrogens with two attached hydrogens (primary N) is 2. The van der Waals surface area contributed by atoms with E-state index in [0.717, 1.165) is 6.07 Å². The molecule has 0 unspecified atom stereocenters. The van der Waals surface area contributed by atoms with E-state index in [1.807, 2.05) is 0 Å². The molecule has 1 heterocycles. The zero-order valence-electron chi connectivity index (χ0n) is 11.4. The highest BCUT2D eigenvalue weighted by atomic mass is 19.4. The number of carbonyl (C=O) groups excluding carboxylic acids is 2. The van der Waals surface area contributed by atoms with E-state index >= 15 is 0 Å². The highest BCUT2D eigenvalue weighted by Crippen LogP contribution is 2.31. The lowest BCUT2D eigenvalue weighted by Crippen LogP contribution is -2.40. The molecule has 21 heavy (non-hydrogen) atoms. The summed E-state index contributed by atoms with van der Waals surface area (Å²) in [5.41, 5.74) is 8.82. The highest BCUT2D eigenvalue weighted by molar-refractivity contribution is 5.98. The summed E-state index contributed by atoms with van der Waals surface area (Å²) >= 11 is 0. The normalized spacial score (nSPS) is 11.5. The summed E-state index contributed by atoms with van der Waals surface area (Å²) in [5.74, 6) is -2.02. The molecule has 0 atom stereocenters. The fraction of sp³-hybridized carbons (Fsp3) is 0.417. The largest absolute Gasteiger partial charge is 0.433 e. The minimum atomic E-state index is -4.68. The standard InChI is InChI=1S/C12H15F3N4O2/c1-6(2)19(5-9(16)20)11-7(10(17)21)3-4-8(18-11)12(13,14)15/h3-4,6H,5H2,1-2H3,(H2,16,20)(H2,17,21). The second-order valence-electron chi connectivity index (χ2n) is 4.62. The van der Waals surface area contributed by atoms with Crippen molar-refractivity contribution in [2.24, 2.45) is 11.5 Å². The maximum Gasteiger partial charge on any atom is 0.433 e. The minimum Gasteiger partial charge on any atom is -0.368 e. The van der Waals surface area contributed by atoms with Gasteiger partial charge in [0.05, 0.1) is 12.1 Å². The van der Waals surface area contributed by atoms with Crippen molar-refractivity contribution >= 4 is 17.6 Å². The third-order valence-corrected chi connectivity index (χ3v) is 2.65. The number of carbonyl (C=O) groups is 2. The van der Waals surface area contributed by atoms with Gasteiger partial charge in [0.1, 0.15) is 11.5 Å². The van der Waals surface area contributed by atoms with Gasteiger partial charge in [-0.3, -0.25) is 9.59 Å². The first-order valence-corrected chi connectivity index (χ1v) is 5.97. The van der Waals surface area contributed by atoms with Crippen LogP contribution in [-0.4, -0.2) is 29.4 Å². The maximum atomic E-state index is 12.7. The van der Waals surface area contributed by atoms with Crippen LogP contribution < -0.4 is 16.4 Å². The third kappa shape index (κ3) is 4.07. The fourth-order valence-electron chi connectivity index (χ4n) is 1.69. The second-order valence-corrected chi connectivity index (χ2v) is 4.62. The zero-order valence-corrected chi connectivity index (χ0v) is 11.4. The first kappa shape index (κ1) is 16.7. The molecule has 0 fully saturated rings. The quantitative estimate of drug-likeness (QED) is 0.843. The highest BCUT2D eigenvalue weighted by Gasteiger charge is 2.34. The van der Waals surface area contributed by atoms with Gasteiger partial charge in [-0.05, 0) is 26.0 Å². The van der Waals surface area contributed by atoms with Crippen LogP contribution in [0.5, 0.6) is 0 Å². The third-order valence-electron chi connectivity index (χ3n) is 2.65. The molecule has 116 valence electrons. The van der Waals surface area contributed by atoms with Gasteiger partial charge >= 0.3 is 6.18 Å². The van der Waals surface area contributed by atoms with Crippen LogP contribution in [0.3, 0.4) is 0 Å². The molecule has 0 aliphatic rings. The van der Waals surface area contributed by atoms with Crippen LogP contribution in [0, 0.1) is 0 Å². The molecule has 0 aliphatic heterocycles. The van der Waals surface area contributed by atoms with E-state index in [4.69, 9.17) is 11.5 Å². The summed E-state index contributed by atoms with van der Waals surface area (Å²) < 4.78 is 38.2. The number of amides is 2. The number of primary amides is 2. The van der Waals surface area contributed by atoms with Gasteiger partial charge < -0.3 is 16.4 Å². The molecule has 1 aromatic rings. The number of anilines is 1. The lowest BCUT2D eigenvalue weighted by atomic mass is 10.1. The lowest BCUT2D eigenvalue weighted by Gasteiger charge is -2.28. The van der Waals surface area contributed by atoms with E-state index in [-0.39, 0.29) is 17.9 Å². The monoisotopic (exact) mass is 304 g/mol. The number of pyridine rings is 1. The molecular weight excluding hydrogens is 289 g/mol. The second kappa shape index (κ2) is 5.98. The van der Waals surface area contributed by atoms with Crippen molar-refractivity contribution in [2.75, 3.05) is 11.4 Å². The predicted molar refractivity (Wildman–Crippen MR) is 69.4 cm³/mol. The molecule has 6 nitrogen and oxygen atoms in total. The van der Waals surface area contributed by atoms with Crippen molar-refractivity contribution in [2.45, 2.75) is 26.1 Å². The minimum absolute atomic E-state index is 0.210. The Labute approximate surface area is 118 Å². The van der Waals surface area contributed by atoms with Gasteiger partial charge in [-0.25, -0.2) is 4.98 Å². The molecule has 0 bridgehead atoms. The molecule has 0 saturated carbocycles. The van der Waals surface area contributed by atoms with Gasteiger partial charge in [-0.2, -0.15) is 13.2 Å². The average Bonchev–Trinajstić information content (AvgIpc) is 2.33. The van der Waals surface area contributed by atoms with E-state index in [9.17, 15) is 22.8 Å². The summed E-state index contributed by atoms with van der Waals surface area (Å²) in [6.45, 7) is 2.86. The van der Waals surface area contributed by atoms with Crippen LogP contribution in [0.1, 0.15) is 29.9 Å². The molecule has 1 aromatic heterocycles. The van der Waals surface area contributed by atoms with E-state index in [0.29, 0.717) is 6.07 Å². The Bertz CT molecular complexity index is 558. The van der Waals surface area contributed by atoms with E-state index < -0.39 is 29.7 Å². The summed E-state index contributed by atoms with van der Waals surface area (Å²) in [5, 5.41) is 0. The number of hydrogen-bond donors (Lipinski definition) is 2. The Morgan fingerprint density at radius 3 is 2.24 bits per heavy atom. The maximum absolute atomic E-state index is 12.7. The van der Waals surface area contributed by atoms with Crippen LogP contribution in [0.2, 0.25) is 0 Å². The van der Waals surface area contributed by atoms with Crippen molar-refractivity contribution in [3.8, 4) is 0 Å². The van der Waals surface area contributed by atoms with E-state index in [1.165, 1.54) is 4.90 Å². The van der Waals surface area contributed by atoms with Gasteiger partial charge in [0.2, 0.25) is 5.91 Å². The summed E-state index contributed by atoms with van der Waals surface area (Å²) in [6.07, 6.45) is -4.68. The van der Waals surface area contributed by atoms with Crippen molar-refractivity contribution in [1.82, 2.24) is 4.98 Å². The molecule has 1 rings (SSSR count). The molecule has 2 amide bonds. The number of rotatable bonds is 5. The van der Waals surface area contributed by atoms with Crippen LogP contribution in [0.25, 0.3) is 0 Å². The van der Waals surface area contributed by atoms with Gasteiger partial charge in [-0.1, -0.05) is 0 Å². The van der Waals surface area contributed by atoms with Crippen molar-refractivity contribution < 1.29 is 22.8 Å². The van der Waals surface area contributed by atoms with Crippen molar-refractivity contribution in [3.63, 3.8) is 0 Å². The predicted octanol–water partition coefficient (Wildman–Crippen LogP) is 0.899. The smallest absolute Gasteiger partial charge is 0.368 e. The molecule has 9 heteroatoms. The van der Waals surface area contributed by atoms with Gasteiger partial charge in [0, 0.05) is 6.04 Å².